The summed E-state index contributed by atoms with van der Waals surface area (Å²) in [7, 11) is -4.67. The summed E-state index contributed by atoms with van der Waals surface area (Å²) in [5.41, 5.74) is -2.73. The Hall–Kier alpha value is -1.81. The molecule has 0 amide bonds. The van der Waals surface area contributed by atoms with E-state index in [2.05, 4.69) is 37.5 Å². The fraction of sp³-hybridized carbons (Fsp3) is 0.600. The average molecular weight is 489 g/mol. The maximum Gasteiger partial charge on any atom is 0.416 e. The first-order chi connectivity index (χ1) is 14.3. The monoisotopic (exact) mass is 489 g/mol. The van der Waals surface area contributed by atoms with Crippen molar-refractivity contribution in [2.24, 2.45) is 11.3 Å². The summed E-state index contributed by atoms with van der Waals surface area (Å²) < 4.78 is 109. The van der Waals surface area contributed by atoms with E-state index in [1.807, 2.05) is 0 Å². The average Bonchev–Trinajstić information content (AvgIpc) is 2.58. The van der Waals surface area contributed by atoms with Crippen molar-refractivity contribution in [2.75, 3.05) is 19.6 Å². The van der Waals surface area contributed by atoms with E-state index in [1.54, 1.807) is 0 Å². The summed E-state index contributed by atoms with van der Waals surface area (Å²) in [6, 6.07) is 1.44. The van der Waals surface area contributed by atoms with Crippen molar-refractivity contribution in [1.29, 1.82) is 0 Å². The molecule has 1 heterocycles. The minimum atomic E-state index is -4.85. The van der Waals surface area contributed by atoms with Crippen molar-refractivity contribution in [1.82, 2.24) is 4.90 Å². The van der Waals surface area contributed by atoms with Crippen LogP contribution >= 0.6 is 0 Å². The lowest BCUT2D eigenvalue weighted by Gasteiger charge is -2.38. The SMILES string of the molecule is CC(C)(C)C1CCN(CC#Cc2cc(C(F)(F)F)cc(C(F)(F)F)c2)CC1.O=S(=O)(O)O. The molecule has 1 saturated heterocycles. The van der Waals surface area contributed by atoms with Crippen LogP contribution in [0.2, 0.25) is 0 Å². The van der Waals surface area contributed by atoms with Gasteiger partial charge in [-0.1, -0.05) is 32.6 Å². The summed E-state index contributed by atoms with van der Waals surface area (Å²) in [6.45, 7) is 8.56. The van der Waals surface area contributed by atoms with Crippen LogP contribution in [0.15, 0.2) is 18.2 Å². The zero-order chi connectivity index (χ0) is 25.0. The van der Waals surface area contributed by atoms with Crippen LogP contribution in [-0.4, -0.2) is 42.1 Å². The number of rotatable bonds is 1. The Morgan fingerprint density at radius 2 is 1.34 bits per heavy atom. The molecule has 2 N–H and O–H groups in total. The fourth-order valence-electron chi connectivity index (χ4n) is 3.24. The van der Waals surface area contributed by atoms with Gasteiger partial charge in [0.05, 0.1) is 17.7 Å². The number of hydrogen-bond donors (Lipinski definition) is 2. The Morgan fingerprint density at radius 1 is 0.938 bits per heavy atom. The first-order valence-electron chi connectivity index (χ1n) is 9.47. The smallest absolute Gasteiger partial charge is 0.292 e. The predicted molar refractivity (Wildman–Crippen MR) is 106 cm³/mol. The summed E-state index contributed by atoms with van der Waals surface area (Å²) in [6.07, 6.45) is -7.70. The maximum atomic E-state index is 12.9. The standard InChI is InChI=1S/C20H23F6N.H2O4S/c1-18(2,3)15-6-9-27(10-7-15)8-4-5-14-11-16(19(21,22)23)13-17(12-14)20(24,25)26;1-5(2,3)4/h11-13,15H,6-10H2,1-3H3;(H2,1,2,3,4). The molecule has 182 valence electrons. The zero-order valence-corrected chi connectivity index (χ0v) is 18.5. The van der Waals surface area contributed by atoms with Gasteiger partial charge in [0.2, 0.25) is 0 Å². The molecule has 1 aliphatic heterocycles. The van der Waals surface area contributed by atoms with E-state index in [4.69, 9.17) is 17.5 Å². The first kappa shape index (κ1) is 28.2. The number of benzene rings is 1. The van der Waals surface area contributed by atoms with Crippen molar-refractivity contribution in [2.45, 2.75) is 46.0 Å². The normalized spacial score (nSPS) is 16.6. The number of hydrogen-bond acceptors (Lipinski definition) is 3. The molecule has 0 atom stereocenters. The van der Waals surface area contributed by atoms with Crippen LogP contribution in [0.25, 0.3) is 0 Å². The topological polar surface area (TPSA) is 77.8 Å². The molecule has 0 saturated carbocycles. The van der Waals surface area contributed by atoms with Crippen LogP contribution in [0.1, 0.15) is 50.3 Å². The molecule has 1 fully saturated rings. The summed E-state index contributed by atoms with van der Waals surface area (Å²) in [5, 5.41) is 0. The minimum absolute atomic E-state index is 0.114. The lowest BCUT2D eigenvalue weighted by Crippen LogP contribution is -2.38. The van der Waals surface area contributed by atoms with Gasteiger partial charge in [0, 0.05) is 5.56 Å². The van der Waals surface area contributed by atoms with E-state index in [9.17, 15) is 26.3 Å². The Kier molecular flexibility index (Phi) is 9.19. The van der Waals surface area contributed by atoms with Gasteiger partial charge in [-0.3, -0.25) is 14.0 Å². The van der Waals surface area contributed by atoms with Gasteiger partial charge in [0.15, 0.2) is 0 Å². The van der Waals surface area contributed by atoms with Crippen LogP contribution in [0, 0.1) is 23.2 Å². The highest BCUT2D eigenvalue weighted by molar-refractivity contribution is 7.79. The Balaban J connectivity index is 0.000000920. The van der Waals surface area contributed by atoms with Gasteiger partial charge >= 0.3 is 22.8 Å². The van der Waals surface area contributed by atoms with Gasteiger partial charge in [-0.25, -0.2) is 0 Å². The van der Waals surface area contributed by atoms with E-state index in [-0.39, 0.29) is 17.0 Å². The number of halogens is 6. The van der Waals surface area contributed by atoms with Crippen LogP contribution in [0.4, 0.5) is 26.3 Å². The largest absolute Gasteiger partial charge is 0.416 e. The Labute approximate surface area is 183 Å². The Bertz CT molecular complexity index is 892. The first-order valence-corrected chi connectivity index (χ1v) is 10.9. The second-order valence-corrected chi connectivity index (χ2v) is 9.36. The van der Waals surface area contributed by atoms with E-state index >= 15 is 0 Å². The highest BCUT2D eigenvalue weighted by atomic mass is 32.3. The third-order valence-electron chi connectivity index (χ3n) is 4.94. The molecule has 32 heavy (non-hydrogen) atoms. The lowest BCUT2D eigenvalue weighted by molar-refractivity contribution is -0.143. The number of nitrogens with zero attached hydrogens (tertiary/aromatic N) is 1. The highest BCUT2D eigenvalue weighted by Gasteiger charge is 2.36. The summed E-state index contributed by atoms with van der Waals surface area (Å²) in [4.78, 5) is 2.08. The third-order valence-corrected chi connectivity index (χ3v) is 4.94. The second-order valence-electron chi connectivity index (χ2n) is 8.46. The summed E-state index contributed by atoms with van der Waals surface area (Å²) in [5.74, 6) is 5.79. The van der Waals surface area contributed by atoms with E-state index in [1.165, 1.54) is 0 Å². The maximum absolute atomic E-state index is 12.9. The van der Waals surface area contributed by atoms with Crippen LogP contribution in [0.3, 0.4) is 0 Å². The quantitative estimate of drug-likeness (QED) is 0.323. The van der Waals surface area contributed by atoms with E-state index in [0.29, 0.717) is 24.6 Å². The summed E-state index contributed by atoms with van der Waals surface area (Å²) >= 11 is 0. The number of likely N-dealkylation sites (tertiary alicyclic amines) is 1. The third kappa shape index (κ3) is 10.7. The van der Waals surface area contributed by atoms with Gasteiger partial charge < -0.3 is 0 Å². The molecule has 0 spiro atoms. The van der Waals surface area contributed by atoms with Gasteiger partial charge in [0.1, 0.15) is 0 Å². The zero-order valence-electron chi connectivity index (χ0n) is 17.7. The second kappa shape index (κ2) is 10.4. The molecule has 0 bridgehead atoms. The van der Waals surface area contributed by atoms with E-state index in [0.717, 1.165) is 25.9 Å². The lowest BCUT2D eigenvalue weighted by atomic mass is 9.75. The van der Waals surface area contributed by atoms with Crippen molar-refractivity contribution in [3.63, 3.8) is 0 Å². The van der Waals surface area contributed by atoms with E-state index < -0.39 is 33.9 Å². The molecule has 12 heteroatoms. The Morgan fingerprint density at radius 3 is 1.69 bits per heavy atom. The molecule has 0 radical (unpaired) electrons. The molecule has 2 rings (SSSR count). The molecule has 0 aliphatic carbocycles. The molecule has 1 aromatic carbocycles. The van der Waals surface area contributed by atoms with Crippen LogP contribution in [-0.2, 0) is 22.8 Å². The number of alkyl halides is 6. The highest BCUT2D eigenvalue weighted by Crippen LogP contribution is 2.36. The van der Waals surface area contributed by atoms with Crippen LogP contribution < -0.4 is 0 Å². The van der Waals surface area contributed by atoms with Gasteiger partial charge in [-0.15, -0.1) is 0 Å². The van der Waals surface area contributed by atoms with Crippen molar-refractivity contribution >= 4 is 10.4 Å². The molecular formula is C20H25F6NO4S. The molecule has 0 aromatic heterocycles. The minimum Gasteiger partial charge on any atom is -0.292 e. The van der Waals surface area contributed by atoms with Gasteiger partial charge in [-0.05, 0) is 55.5 Å². The molecule has 0 unspecified atom stereocenters. The molecule has 5 nitrogen and oxygen atoms in total. The van der Waals surface area contributed by atoms with Crippen molar-refractivity contribution in [3.05, 3.63) is 34.9 Å². The molecule has 1 aliphatic rings. The van der Waals surface area contributed by atoms with Crippen molar-refractivity contribution in [3.8, 4) is 11.8 Å². The predicted octanol–water partition coefficient (Wildman–Crippen LogP) is 5.18. The van der Waals surface area contributed by atoms with Crippen molar-refractivity contribution < 1.29 is 43.9 Å². The fourth-order valence-corrected chi connectivity index (χ4v) is 3.24. The van der Waals surface area contributed by atoms with Gasteiger partial charge in [-0.2, -0.15) is 34.8 Å². The molecule has 1 aromatic rings. The number of piperidine rings is 1. The van der Waals surface area contributed by atoms with Crippen LogP contribution in [0.5, 0.6) is 0 Å². The molecular weight excluding hydrogens is 464 g/mol. The van der Waals surface area contributed by atoms with Gasteiger partial charge in [0.25, 0.3) is 0 Å².